The molecule has 96 valence electrons. The average molecular weight is 258 g/mol. The highest BCUT2D eigenvalue weighted by molar-refractivity contribution is 6.31. The van der Waals surface area contributed by atoms with Crippen LogP contribution in [0, 0.1) is 0 Å². The van der Waals surface area contributed by atoms with Crippen molar-refractivity contribution >= 4 is 11.6 Å². The van der Waals surface area contributed by atoms with Crippen LogP contribution >= 0.6 is 11.6 Å². The molecule has 0 amide bonds. The van der Waals surface area contributed by atoms with Crippen LogP contribution in [-0.2, 0) is 9.47 Å². The predicted octanol–water partition coefficient (Wildman–Crippen LogP) is 2.65. The quantitative estimate of drug-likeness (QED) is 0.815. The maximum Gasteiger partial charge on any atom is 0.0968 e. The van der Waals surface area contributed by atoms with Crippen molar-refractivity contribution < 1.29 is 9.47 Å². The molecule has 0 saturated carbocycles. The van der Waals surface area contributed by atoms with E-state index in [0.717, 1.165) is 17.1 Å². The summed E-state index contributed by atoms with van der Waals surface area (Å²) in [7, 11) is 3.57. The van der Waals surface area contributed by atoms with Gasteiger partial charge < -0.3 is 14.8 Å². The first-order chi connectivity index (χ1) is 8.19. The third kappa shape index (κ3) is 4.64. The van der Waals surface area contributed by atoms with Crippen molar-refractivity contribution in [3.05, 3.63) is 34.9 Å². The van der Waals surface area contributed by atoms with Gasteiger partial charge in [-0.3, -0.25) is 0 Å². The Morgan fingerprint density at radius 1 is 1.35 bits per heavy atom. The van der Waals surface area contributed by atoms with E-state index in [2.05, 4.69) is 5.32 Å². The van der Waals surface area contributed by atoms with E-state index in [1.807, 2.05) is 38.2 Å². The SMILES string of the molecule is CNCC(OC(C)COC)c1ccccc1Cl. The van der Waals surface area contributed by atoms with Crippen LogP contribution in [0.2, 0.25) is 5.02 Å². The van der Waals surface area contributed by atoms with E-state index >= 15 is 0 Å². The third-order valence-electron chi connectivity index (χ3n) is 2.44. The maximum absolute atomic E-state index is 6.18. The highest BCUT2D eigenvalue weighted by Gasteiger charge is 2.17. The van der Waals surface area contributed by atoms with E-state index in [1.165, 1.54) is 0 Å². The molecule has 1 aromatic carbocycles. The van der Waals surface area contributed by atoms with Gasteiger partial charge >= 0.3 is 0 Å². The zero-order valence-corrected chi connectivity index (χ0v) is 11.3. The molecule has 17 heavy (non-hydrogen) atoms. The third-order valence-corrected chi connectivity index (χ3v) is 2.78. The van der Waals surface area contributed by atoms with Gasteiger partial charge in [0.2, 0.25) is 0 Å². The first-order valence-electron chi connectivity index (χ1n) is 5.72. The molecule has 0 bridgehead atoms. The Bertz CT molecular complexity index is 333. The molecule has 1 N–H and O–H groups in total. The second-order valence-corrected chi connectivity index (χ2v) is 4.38. The van der Waals surface area contributed by atoms with Crippen LogP contribution in [0.1, 0.15) is 18.6 Å². The summed E-state index contributed by atoms with van der Waals surface area (Å²) in [6.45, 7) is 3.28. The van der Waals surface area contributed by atoms with Gasteiger partial charge in [0, 0.05) is 24.2 Å². The van der Waals surface area contributed by atoms with Gasteiger partial charge in [-0.05, 0) is 20.0 Å². The molecule has 0 aliphatic heterocycles. The lowest BCUT2D eigenvalue weighted by molar-refractivity contribution is -0.0386. The van der Waals surface area contributed by atoms with Crippen molar-refractivity contribution in [1.82, 2.24) is 5.32 Å². The van der Waals surface area contributed by atoms with E-state index in [-0.39, 0.29) is 12.2 Å². The number of halogens is 1. The zero-order valence-electron chi connectivity index (χ0n) is 10.6. The van der Waals surface area contributed by atoms with Crippen molar-refractivity contribution in [3.8, 4) is 0 Å². The number of rotatable bonds is 7. The zero-order chi connectivity index (χ0) is 12.7. The van der Waals surface area contributed by atoms with E-state index in [4.69, 9.17) is 21.1 Å². The smallest absolute Gasteiger partial charge is 0.0968 e. The lowest BCUT2D eigenvalue weighted by Crippen LogP contribution is -2.25. The van der Waals surface area contributed by atoms with Crippen LogP contribution in [0.15, 0.2) is 24.3 Å². The molecule has 0 aliphatic carbocycles. The second-order valence-electron chi connectivity index (χ2n) is 3.97. The van der Waals surface area contributed by atoms with Crippen molar-refractivity contribution in [3.63, 3.8) is 0 Å². The fraction of sp³-hybridized carbons (Fsp3) is 0.538. The van der Waals surface area contributed by atoms with Crippen molar-refractivity contribution in [2.45, 2.75) is 19.1 Å². The Morgan fingerprint density at radius 2 is 2.06 bits per heavy atom. The summed E-state index contributed by atoms with van der Waals surface area (Å²) in [6, 6.07) is 7.75. The van der Waals surface area contributed by atoms with E-state index < -0.39 is 0 Å². The van der Waals surface area contributed by atoms with Crippen molar-refractivity contribution in [2.24, 2.45) is 0 Å². The Hall–Kier alpha value is -0.610. The highest BCUT2D eigenvalue weighted by Crippen LogP contribution is 2.26. The summed E-state index contributed by atoms with van der Waals surface area (Å²) in [5.74, 6) is 0. The first kappa shape index (κ1) is 14.5. The summed E-state index contributed by atoms with van der Waals surface area (Å²) in [5, 5.41) is 3.85. The lowest BCUT2D eigenvalue weighted by Gasteiger charge is -2.23. The molecule has 1 rings (SSSR count). The van der Waals surface area contributed by atoms with Gasteiger partial charge in [-0.25, -0.2) is 0 Å². The molecule has 0 heterocycles. The maximum atomic E-state index is 6.18. The van der Waals surface area contributed by atoms with Gasteiger partial charge in [0.15, 0.2) is 0 Å². The largest absolute Gasteiger partial charge is 0.382 e. The minimum Gasteiger partial charge on any atom is -0.382 e. The van der Waals surface area contributed by atoms with Crippen molar-refractivity contribution in [1.29, 1.82) is 0 Å². The lowest BCUT2D eigenvalue weighted by atomic mass is 10.1. The number of hydrogen-bond acceptors (Lipinski definition) is 3. The van der Waals surface area contributed by atoms with Gasteiger partial charge in [-0.15, -0.1) is 0 Å². The monoisotopic (exact) mass is 257 g/mol. The fourth-order valence-electron chi connectivity index (χ4n) is 1.71. The molecule has 0 fully saturated rings. The fourth-order valence-corrected chi connectivity index (χ4v) is 1.96. The normalized spacial score (nSPS) is 14.6. The van der Waals surface area contributed by atoms with Crippen molar-refractivity contribution in [2.75, 3.05) is 27.3 Å². The van der Waals surface area contributed by atoms with Crippen LogP contribution in [0.3, 0.4) is 0 Å². The number of hydrogen-bond donors (Lipinski definition) is 1. The Morgan fingerprint density at radius 3 is 2.65 bits per heavy atom. The van der Waals surface area contributed by atoms with E-state index in [1.54, 1.807) is 7.11 Å². The van der Waals surface area contributed by atoms with Gasteiger partial charge in [0.05, 0.1) is 18.8 Å². The molecule has 1 aromatic rings. The highest BCUT2D eigenvalue weighted by atomic mass is 35.5. The van der Waals surface area contributed by atoms with Gasteiger partial charge in [0.25, 0.3) is 0 Å². The number of ether oxygens (including phenoxy) is 2. The molecular formula is C13H20ClNO2. The molecule has 0 spiro atoms. The van der Waals surface area contributed by atoms with Gasteiger partial charge in [0.1, 0.15) is 0 Å². The molecule has 2 atom stereocenters. The van der Waals surface area contributed by atoms with E-state index in [9.17, 15) is 0 Å². The van der Waals surface area contributed by atoms with Crippen LogP contribution in [0.25, 0.3) is 0 Å². The van der Waals surface area contributed by atoms with Crippen LogP contribution in [-0.4, -0.2) is 33.4 Å². The summed E-state index contributed by atoms with van der Waals surface area (Å²) < 4.78 is 11.0. The first-order valence-corrected chi connectivity index (χ1v) is 6.10. The summed E-state index contributed by atoms with van der Waals surface area (Å²) in [5.41, 5.74) is 1.01. The Labute approximate surface area is 108 Å². The minimum absolute atomic E-state index is 0.0367. The number of nitrogens with one attached hydrogen (secondary N) is 1. The number of likely N-dealkylation sites (N-methyl/N-ethyl adjacent to an activating group) is 1. The van der Waals surface area contributed by atoms with Crippen LogP contribution in [0.4, 0.5) is 0 Å². The van der Waals surface area contributed by atoms with Crippen LogP contribution in [0.5, 0.6) is 0 Å². The number of methoxy groups -OCH3 is 1. The second kappa shape index (κ2) is 7.67. The summed E-state index contributed by atoms with van der Waals surface area (Å²) in [4.78, 5) is 0. The minimum atomic E-state index is -0.0566. The van der Waals surface area contributed by atoms with Gasteiger partial charge in [-0.2, -0.15) is 0 Å². The standard InChI is InChI=1S/C13H20ClNO2/c1-10(9-16-3)17-13(8-15-2)11-6-4-5-7-12(11)14/h4-7,10,13,15H,8-9H2,1-3H3. The molecular weight excluding hydrogens is 238 g/mol. The Kier molecular flexibility index (Phi) is 6.52. The molecule has 4 heteroatoms. The number of benzene rings is 1. The summed E-state index contributed by atoms with van der Waals surface area (Å²) in [6.07, 6.45) is -0.0199. The van der Waals surface area contributed by atoms with E-state index in [0.29, 0.717) is 6.61 Å². The average Bonchev–Trinajstić information content (AvgIpc) is 2.29. The summed E-state index contributed by atoms with van der Waals surface area (Å²) >= 11 is 6.18. The Balaban J connectivity index is 2.75. The molecule has 0 radical (unpaired) electrons. The molecule has 2 unspecified atom stereocenters. The molecule has 0 saturated heterocycles. The predicted molar refractivity (Wildman–Crippen MR) is 70.5 cm³/mol. The molecule has 3 nitrogen and oxygen atoms in total. The topological polar surface area (TPSA) is 30.5 Å². The molecule has 0 aliphatic rings. The molecule has 0 aromatic heterocycles. The van der Waals surface area contributed by atoms with Crippen LogP contribution < -0.4 is 5.32 Å². The van der Waals surface area contributed by atoms with Gasteiger partial charge in [-0.1, -0.05) is 29.8 Å².